The molecule has 2 aromatic carbocycles. The summed E-state index contributed by atoms with van der Waals surface area (Å²) in [5, 5.41) is 21.5. The zero-order valence-corrected chi connectivity index (χ0v) is 20.4. The Morgan fingerprint density at radius 3 is 2.72 bits per heavy atom. The molecule has 0 spiro atoms. The SMILES string of the molecule is CCCCC1CNCCN1C(=O)c1cc(-c2ccc(O)cc2)nc2n[nH]c(/C=C/c3ccccc3)c12. The number of amides is 1. The van der Waals surface area contributed by atoms with Crippen molar-refractivity contribution in [1.29, 1.82) is 0 Å². The predicted molar refractivity (Wildman–Crippen MR) is 144 cm³/mol. The standard InChI is InChI=1S/C29H31N5O2/c1-2-3-9-22-19-30-16-17-34(22)29(36)24-18-26(21-11-13-23(35)14-12-21)31-28-27(24)25(32-33-28)15-10-20-7-5-4-6-8-20/h4-8,10-15,18,22,30,35H,2-3,9,16-17,19H2,1H3,(H,31,32,33)/b15-10+. The Kier molecular flexibility index (Phi) is 7.09. The molecule has 1 saturated heterocycles. The third-order valence-corrected chi connectivity index (χ3v) is 6.69. The van der Waals surface area contributed by atoms with Gasteiger partial charge in [-0.25, -0.2) is 4.98 Å². The van der Waals surface area contributed by atoms with Crippen LogP contribution in [0.4, 0.5) is 0 Å². The van der Waals surface area contributed by atoms with Crippen molar-refractivity contribution in [2.75, 3.05) is 19.6 Å². The van der Waals surface area contributed by atoms with Gasteiger partial charge in [0.25, 0.3) is 5.91 Å². The fourth-order valence-corrected chi connectivity index (χ4v) is 4.74. The molecule has 0 saturated carbocycles. The highest BCUT2D eigenvalue weighted by molar-refractivity contribution is 6.09. The first-order chi connectivity index (χ1) is 17.6. The molecule has 7 heteroatoms. The molecule has 0 bridgehead atoms. The average Bonchev–Trinajstić information content (AvgIpc) is 3.34. The Labute approximate surface area is 210 Å². The number of fused-ring (bicyclic) bond motifs is 1. The number of unbranched alkanes of at least 4 members (excludes halogenated alkanes) is 1. The van der Waals surface area contributed by atoms with E-state index in [0.29, 0.717) is 23.4 Å². The molecule has 1 unspecified atom stereocenters. The van der Waals surface area contributed by atoms with Gasteiger partial charge < -0.3 is 15.3 Å². The number of phenols is 1. The quantitative estimate of drug-likeness (QED) is 0.341. The molecule has 1 aliphatic heterocycles. The summed E-state index contributed by atoms with van der Waals surface area (Å²) in [5.74, 6) is 0.185. The number of nitrogens with zero attached hydrogens (tertiary/aromatic N) is 3. The van der Waals surface area contributed by atoms with E-state index in [1.54, 1.807) is 24.3 Å². The Hall–Kier alpha value is -3.97. The molecular weight excluding hydrogens is 450 g/mol. The van der Waals surface area contributed by atoms with Crippen molar-refractivity contribution in [1.82, 2.24) is 25.4 Å². The van der Waals surface area contributed by atoms with Gasteiger partial charge in [-0.15, -0.1) is 0 Å². The predicted octanol–water partition coefficient (Wildman–Crippen LogP) is 5.11. The van der Waals surface area contributed by atoms with E-state index in [9.17, 15) is 9.90 Å². The van der Waals surface area contributed by atoms with Crippen LogP contribution in [0.1, 0.15) is 47.8 Å². The molecular formula is C29H31N5O2. The number of H-pyrrole nitrogens is 1. The molecule has 36 heavy (non-hydrogen) atoms. The third kappa shape index (κ3) is 5.02. The maximum Gasteiger partial charge on any atom is 0.255 e. The molecule has 2 aromatic heterocycles. The highest BCUT2D eigenvalue weighted by Crippen LogP contribution is 2.30. The average molecular weight is 482 g/mol. The van der Waals surface area contributed by atoms with Crippen LogP contribution in [-0.4, -0.2) is 56.8 Å². The molecule has 3 N–H and O–H groups in total. The second kappa shape index (κ2) is 10.7. The summed E-state index contributed by atoms with van der Waals surface area (Å²) < 4.78 is 0. The van der Waals surface area contributed by atoms with E-state index in [-0.39, 0.29) is 17.7 Å². The number of phenolic OH excluding ortho intramolecular Hbond substituents is 1. The number of piperazine rings is 1. The fraction of sp³-hybridized carbons (Fsp3) is 0.276. The lowest BCUT2D eigenvalue weighted by Gasteiger charge is -2.36. The fourth-order valence-electron chi connectivity index (χ4n) is 4.74. The van der Waals surface area contributed by atoms with Crippen molar-refractivity contribution in [2.24, 2.45) is 0 Å². The Morgan fingerprint density at radius 2 is 1.94 bits per heavy atom. The van der Waals surface area contributed by atoms with Gasteiger partial charge in [-0.2, -0.15) is 5.10 Å². The number of hydrogen-bond donors (Lipinski definition) is 3. The van der Waals surface area contributed by atoms with Crippen LogP contribution in [0.3, 0.4) is 0 Å². The van der Waals surface area contributed by atoms with Crippen LogP contribution in [0, 0.1) is 0 Å². The number of aromatic amines is 1. The summed E-state index contributed by atoms with van der Waals surface area (Å²) in [6, 6.07) is 18.9. The molecule has 3 heterocycles. The van der Waals surface area contributed by atoms with Crippen molar-refractivity contribution in [3.63, 3.8) is 0 Å². The third-order valence-electron chi connectivity index (χ3n) is 6.69. The number of carbonyl (C=O) groups is 1. The smallest absolute Gasteiger partial charge is 0.255 e. The van der Waals surface area contributed by atoms with E-state index in [2.05, 4.69) is 22.4 Å². The van der Waals surface area contributed by atoms with Crippen molar-refractivity contribution in [2.45, 2.75) is 32.2 Å². The van der Waals surface area contributed by atoms with Gasteiger partial charge in [0.2, 0.25) is 0 Å². The first-order valence-electron chi connectivity index (χ1n) is 12.6. The first-order valence-corrected chi connectivity index (χ1v) is 12.6. The summed E-state index contributed by atoms with van der Waals surface area (Å²) in [4.78, 5) is 20.9. The summed E-state index contributed by atoms with van der Waals surface area (Å²) in [6.45, 7) is 4.42. The summed E-state index contributed by atoms with van der Waals surface area (Å²) in [7, 11) is 0. The minimum Gasteiger partial charge on any atom is -0.508 e. The second-order valence-corrected chi connectivity index (χ2v) is 9.18. The number of benzene rings is 2. The van der Waals surface area contributed by atoms with E-state index < -0.39 is 0 Å². The van der Waals surface area contributed by atoms with Crippen molar-refractivity contribution in [3.8, 4) is 17.0 Å². The number of hydrogen-bond acceptors (Lipinski definition) is 5. The molecule has 7 nitrogen and oxygen atoms in total. The molecule has 0 aliphatic carbocycles. The van der Waals surface area contributed by atoms with Gasteiger partial charge in [0.05, 0.1) is 22.3 Å². The Balaban J connectivity index is 1.61. The number of aromatic nitrogens is 3. The van der Waals surface area contributed by atoms with Gasteiger partial charge in [0.1, 0.15) is 5.75 Å². The van der Waals surface area contributed by atoms with Crippen molar-refractivity contribution in [3.05, 3.63) is 77.5 Å². The van der Waals surface area contributed by atoms with Crippen LogP contribution < -0.4 is 5.32 Å². The molecule has 5 rings (SSSR count). The van der Waals surface area contributed by atoms with Crippen LogP contribution in [-0.2, 0) is 0 Å². The number of aromatic hydroxyl groups is 1. The van der Waals surface area contributed by atoms with Crippen molar-refractivity contribution >= 4 is 29.1 Å². The van der Waals surface area contributed by atoms with Gasteiger partial charge in [0, 0.05) is 31.2 Å². The molecule has 1 aliphatic rings. The van der Waals surface area contributed by atoms with Gasteiger partial charge in [-0.1, -0.05) is 56.2 Å². The van der Waals surface area contributed by atoms with Crippen LogP contribution >= 0.6 is 0 Å². The molecule has 4 aromatic rings. The summed E-state index contributed by atoms with van der Waals surface area (Å²) in [6.07, 6.45) is 7.11. The van der Waals surface area contributed by atoms with E-state index in [1.807, 2.05) is 53.5 Å². The zero-order valence-electron chi connectivity index (χ0n) is 20.4. The minimum atomic E-state index is 0.000734. The molecule has 1 atom stereocenters. The number of nitrogens with one attached hydrogen (secondary N) is 2. The van der Waals surface area contributed by atoms with Crippen molar-refractivity contribution < 1.29 is 9.90 Å². The number of pyridine rings is 1. The van der Waals surface area contributed by atoms with Crippen LogP contribution in [0.25, 0.3) is 34.4 Å². The van der Waals surface area contributed by atoms with E-state index >= 15 is 0 Å². The lowest BCUT2D eigenvalue weighted by Crippen LogP contribution is -2.53. The monoisotopic (exact) mass is 481 g/mol. The Bertz CT molecular complexity index is 1360. The lowest BCUT2D eigenvalue weighted by molar-refractivity contribution is 0.0624. The maximum atomic E-state index is 14.1. The van der Waals surface area contributed by atoms with Crippen LogP contribution in [0.15, 0.2) is 60.7 Å². The van der Waals surface area contributed by atoms with Gasteiger partial charge in [0.15, 0.2) is 5.65 Å². The normalized spacial score (nSPS) is 16.1. The first kappa shape index (κ1) is 23.8. The lowest BCUT2D eigenvalue weighted by atomic mass is 10.0. The molecule has 184 valence electrons. The van der Waals surface area contributed by atoms with E-state index in [0.717, 1.165) is 54.6 Å². The van der Waals surface area contributed by atoms with Gasteiger partial charge in [-0.3, -0.25) is 9.89 Å². The molecule has 1 amide bonds. The highest BCUT2D eigenvalue weighted by Gasteiger charge is 2.29. The van der Waals surface area contributed by atoms with E-state index in [4.69, 9.17) is 4.98 Å². The van der Waals surface area contributed by atoms with E-state index in [1.165, 1.54) is 0 Å². The zero-order chi connectivity index (χ0) is 24.9. The molecule has 1 fully saturated rings. The maximum absolute atomic E-state index is 14.1. The number of carbonyl (C=O) groups excluding carboxylic acids is 1. The van der Waals surface area contributed by atoms with Crippen LogP contribution in [0.5, 0.6) is 5.75 Å². The largest absolute Gasteiger partial charge is 0.508 e. The minimum absolute atomic E-state index is 0.000734. The highest BCUT2D eigenvalue weighted by atomic mass is 16.3. The second-order valence-electron chi connectivity index (χ2n) is 9.18. The summed E-state index contributed by atoms with van der Waals surface area (Å²) in [5.41, 5.74) is 4.36. The molecule has 0 radical (unpaired) electrons. The number of rotatable bonds is 7. The Morgan fingerprint density at radius 1 is 1.14 bits per heavy atom. The summed E-state index contributed by atoms with van der Waals surface area (Å²) >= 11 is 0. The van der Waals surface area contributed by atoms with Gasteiger partial charge in [-0.05, 0) is 48.4 Å². The van der Waals surface area contributed by atoms with Crippen LogP contribution in [0.2, 0.25) is 0 Å². The topological polar surface area (TPSA) is 94.1 Å². The van der Waals surface area contributed by atoms with Gasteiger partial charge >= 0.3 is 0 Å².